The molecule has 0 aliphatic carbocycles. The van der Waals surface area contributed by atoms with Gasteiger partial charge in [-0.1, -0.05) is 105 Å². The first-order valence-electron chi connectivity index (χ1n) is 17.3. The van der Waals surface area contributed by atoms with Crippen molar-refractivity contribution >= 4 is 93.6 Å². The van der Waals surface area contributed by atoms with Crippen molar-refractivity contribution in [2.24, 2.45) is 0 Å². The van der Waals surface area contributed by atoms with Crippen LogP contribution in [-0.2, 0) is 0 Å². The number of carbonyl (C=O) groups excluding carboxylic acids is 2. The lowest BCUT2D eigenvalue weighted by atomic mass is 10.0. The molecule has 9 aromatic rings. The van der Waals surface area contributed by atoms with Gasteiger partial charge in [-0.3, -0.25) is 9.59 Å². The first kappa shape index (κ1) is 34.5. The summed E-state index contributed by atoms with van der Waals surface area (Å²) in [5.41, 5.74) is 9.15. The highest BCUT2D eigenvalue weighted by Gasteiger charge is 2.26. The van der Waals surface area contributed by atoms with E-state index in [4.69, 9.17) is 23.3 Å². The molecule has 11 rings (SSSR count). The van der Waals surface area contributed by atoms with E-state index < -0.39 is 0 Å². The number of hydrogen-bond acceptors (Lipinski definition) is 7. The highest BCUT2D eigenvalue weighted by atomic mass is 79.9. The first-order valence-corrected chi connectivity index (χ1v) is 18.9. The van der Waals surface area contributed by atoms with E-state index in [0.717, 1.165) is 69.8 Å². The van der Waals surface area contributed by atoms with E-state index in [2.05, 4.69) is 44.0 Å². The summed E-state index contributed by atoms with van der Waals surface area (Å²) in [6, 6.07) is 46.5. The molecule has 0 amide bonds. The van der Waals surface area contributed by atoms with Crippen LogP contribution >= 0.6 is 31.9 Å². The summed E-state index contributed by atoms with van der Waals surface area (Å²) < 4.78 is 25.1. The van der Waals surface area contributed by atoms with Crippen molar-refractivity contribution in [3.8, 4) is 22.6 Å². The molecule has 9 heteroatoms. The fourth-order valence-corrected chi connectivity index (χ4v) is 7.14. The zero-order valence-corrected chi connectivity index (χ0v) is 32.0. The van der Waals surface area contributed by atoms with Crippen LogP contribution in [0, 0.1) is 0 Å². The smallest absolute Gasteiger partial charge is 0.231 e. The molecule has 0 bridgehead atoms. The molecule has 5 heterocycles. The molecule has 6 aromatic carbocycles. The van der Waals surface area contributed by atoms with E-state index in [1.54, 1.807) is 30.3 Å². The van der Waals surface area contributed by atoms with E-state index in [1.807, 2.05) is 109 Å². The number of Topliss-reactive ketones (excluding diaryl/α,β-unsaturated/α-hetero) is 2. The molecule has 0 saturated carbocycles. The van der Waals surface area contributed by atoms with Crippen molar-refractivity contribution in [1.29, 1.82) is 0 Å². The number of allylic oxidation sites excluding steroid dienone is 1. The standard InChI is InChI=1S/C23H12BrNO2.C15H9BrO2.C8H6O2/c24-14-11-9-13(10-12-14)19-22-20(15-5-1-3-7-17(15)26-22)25-21-16-6-2-4-8-18(16)27-23(19)21;16-11-7-5-10(6-8-11)9-14-15(17)12-3-1-2-4-13(12)18-14;9-7-5-10-8-4-2-1-3-6(7)8/h1-12H;1-9H;1-4H,5H2/b;14-9-;. The number of rotatable bonds is 2. The zero-order chi connectivity index (χ0) is 37.5. The number of para-hydroxylation sites is 4. The second-order valence-electron chi connectivity index (χ2n) is 12.7. The van der Waals surface area contributed by atoms with Crippen molar-refractivity contribution in [3.63, 3.8) is 0 Å². The summed E-state index contributed by atoms with van der Waals surface area (Å²) in [6.07, 6.45) is 1.76. The molecule has 0 spiro atoms. The van der Waals surface area contributed by atoms with Crippen LogP contribution in [-0.4, -0.2) is 23.2 Å². The van der Waals surface area contributed by atoms with Crippen LogP contribution in [0.2, 0.25) is 0 Å². The van der Waals surface area contributed by atoms with Gasteiger partial charge in [-0.05, 0) is 90.0 Å². The molecule has 2 aliphatic heterocycles. The Morgan fingerprint density at radius 3 is 1.69 bits per heavy atom. The summed E-state index contributed by atoms with van der Waals surface area (Å²) in [5, 5.41) is 2.02. The predicted molar refractivity (Wildman–Crippen MR) is 222 cm³/mol. The van der Waals surface area contributed by atoms with Gasteiger partial charge in [0.25, 0.3) is 0 Å². The molecule has 0 unspecified atom stereocenters. The van der Waals surface area contributed by atoms with Gasteiger partial charge in [-0.2, -0.15) is 0 Å². The predicted octanol–water partition coefficient (Wildman–Crippen LogP) is 12.6. The number of aromatic nitrogens is 1. The monoisotopic (exact) mass is 847 g/mol. The third-order valence-corrected chi connectivity index (χ3v) is 10.3. The molecule has 0 saturated heterocycles. The van der Waals surface area contributed by atoms with Crippen molar-refractivity contribution in [2.75, 3.05) is 6.61 Å². The van der Waals surface area contributed by atoms with Gasteiger partial charge in [0.15, 0.2) is 23.5 Å². The van der Waals surface area contributed by atoms with Crippen molar-refractivity contribution in [3.05, 3.63) is 177 Å². The molecule has 3 aromatic heterocycles. The number of fused-ring (bicyclic) bond motifs is 8. The molecule has 0 N–H and O–H groups in total. The summed E-state index contributed by atoms with van der Waals surface area (Å²) >= 11 is 6.89. The second kappa shape index (κ2) is 14.5. The van der Waals surface area contributed by atoms with Gasteiger partial charge in [0, 0.05) is 19.7 Å². The van der Waals surface area contributed by atoms with E-state index >= 15 is 0 Å². The quantitative estimate of drug-likeness (QED) is 0.160. The van der Waals surface area contributed by atoms with Crippen LogP contribution in [0.15, 0.2) is 169 Å². The Kier molecular flexibility index (Phi) is 9.09. The van der Waals surface area contributed by atoms with Crippen LogP contribution in [0.25, 0.3) is 61.3 Å². The Bertz CT molecular complexity index is 2870. The van der Waals surface area contributed by atoms with Gasteiger partial charge in [-0.25, -0.2) is 4.98 Å². The molecular formula is C46H27Br2NO6. The molecule has 0 radical (unpaired) electrons. The Balaban J connectivity index is 0.000000121. The molecule has 0 atom stereocenters. The van der Waals surface area contributed by atoms with E-state index in [9.17, 15) is 9.59 Å². The van der Waals surface area contributed by atoms with Gasteiger partial charge in [0.2, 0.25) is 11.6 Å². The maximum Gasteiger partial charge on any atom is 0.231 e. The summed E-state index contributed by atoms with van der Waals surface area (Å²) in [7, 11) is 0. The third-order valence-electron chi connectivity index (χ3n) is 9.24. The fourth-order valence-electron chi connectivity index (χ4n) is 6.61. The van der Waals surface area contributed by atoms with Gasteiger partial charge in [0.1, 0.15) is 33.7 Å². The molecule has 266 valence electrons. The van der Waals surface area contributed by atoms with Crippen LogP contribution < -0.4 is 9.47 Å². The molecular weight excluding hydrogens is 822 g/mol. The normalized spacial score (nSPS) is 13.6. The first-order chi connectivity index (χ1) is 26.9. The van der Waals surface area contributed by atoms with Crippen molar-refractivity contribution in [2.45, 2.75) is 0 Å². The number of ketones is 2. The van der Waals surface area contributed by atoms with Crippen LogP contribution in [0.5, 0.6) is 11.5 Å². The maximum absolute atomic E-state index is 12.1. The summed E-state index contributed by atoms with van der Waals surface area (Å²) in [4.78, 5) is 28.0. The van der Waals surface area contributed by atoms with Gasteiger partial charge < -0.3 is 18.3 Å². The highest BCUT2D eigenvalue weighted by Crippen LogP contribution is 2.42. The van der Waals surface area contributed by atoms with E-state index in [1.165, 1.54) is 0 Å². The number of furan rings is 2. The Labute approximate surface area is 331 Å². The number of nitrogens with zero attached hydrogens (tertiary/aromatic N) is 1. The van der Waals surface area contributed by atoms with Crippen LogP contribution in [0.1, 0.15) is 26.3 Å². The summed E-state index contributed by atoms with van der Waals surface area (Å²) in [6.45, 7) is 0.208. The molecule has 0 fully saturated rings. The zero-order valence-electron chi connectivity index (χ0n) is 28.8. The third kappa shape index (κ3) is 6.62. The average Bonchev–Trinajstić information content (AvgIpc) is 3.98. The van der Waals surface area contributed by atoms with Crippen molar-refractivity contribution in [1.82, 2.24) is 4.98 Å². The number of pyridine rings is 1. The average molecular weight is 850 g/mol. The lowest BCUT2D eigenvalue weighted by molar-refractivity contribution is 0.0960. The number of hydrogen-bond donors (Lipinski definition) is 0. The van der Waals surface area contributed by atoms with E-state index in [0.29, 0.717) is 28.4 Å². The molecule has 7 nitrogen and oxygen atoms in total. The SMILES string of the molecule is Brc1ccc(-c2c3oc4ccccc4c3nc3c2oc2ccccc23)cc1.O=C1/C(=C/c2ccc(Br)cc2)Oc2ccccc21.O=C1COc2ccccc21. The second-order valence-corrected chi connectivity index (χ2v) is 14.6. The summed E-state index contributed by atoms with van der Waals surface area (Å²) in [5.74, 6) is 1.74. The Hall–Kier alpha value is -6.29. The Morgan fingerprint density at radius 2 is 1.09 bits per heavy atom. The lowest BCUT2D eigenvalue weighted by Crippen LogP contribution is -1.98. The number of carbonyl (C=O) groups is 2. The van der Waals surface area contributed by atoms with Crippen LogP contribution in [0.4, 0.5) is 0 Å². The lowest BCUT2D eigenvalue weighted by Gasteiger charge is -2.04. The van der Waals surface area contributed by atoms with Gasteiger partial charge >= 0.3 is 0 Å². The molecule has 55 heavy (non-hydrogen) atoms. The minimum Gasteiger partial charge on any atom is -0.485 e. The minimum atomic E-state index is -0.0616. The number of ether oxygens (including phenoxy) is 2. The number of halogens is 2. The Morgan fingerprint density at radius 1 is 0.564 bits per heavy atom. The van der Waals surface area contributed by atoms with Crippen molar-refractivity contribution < 1.29 is 27.9 Å². The maximum atomic E-state index is 12.1. The minimum absolute atomic E-state index is 0.0616. The van der Waals surface area contributed by atoms with Gasteiger partial charge in [0.05, 0.1) is 16.7 Å². The highest BCUT2D eigenvalue weighted by molar-refractivity contribution is 9.10. The fraction of sp³-hybridized carbons (Fsp3) is 0.0217. The number of benzene rings is 6. The van der Waals surface area contributed by atoms with Gasteiger partial charge in [-0.15, -0.1) is 0 Å². The largest absolute Gasteiger partial charge is 0.485 e. The topological polar surface area (TPSA) is 91.8 Å². The van der Waals surface area contributed by atoms with E-state index in [-0.39, 0.29) is 18.2 Å². The molecule has 2 aliphatic rings. The van der Waals surface area contributed by atoms with Crippen LogP contribution in [0.3, 0.4) is 0 Å².